The maximum Gasteiger partial charge on any atom is 0.254 e. The maximum atomic E-state index is 13.8. The topological polar surface area (TPSA) is 71.3 Å². The lowest BCUT2D eigenvalue weighted by Crippen LogP contribution is -2.48. The number of aromatic nitrogens is 3. The predicted octanol–water partition coefficient (Wildman–Crippen LogP) is 5.15. The monoisotopic (exact) mass is 481 g/mol. The fraction of sp³-hybridized carbons (Fsp3) is 0.310. The molecule has 1 fully saturated rings. The Balaban J connectivity index is 1.44. The summed E-state index contributed by atoms with van der Waals surface area (Å²) in [7, 11) is 0. The van der Waals surface area contributed by atoms with E-state index in [0.717, 1.165) is 46.6 Å². The van der Waals surface area contributed by atoms with Crippen molar-refractivity contribution < 1.29 is 9.59 Å². The van der Waals surface area contributed by atoms with E-state index < -0.39 is 0 Å². The number of benzene rings is 2. The number of aryl methyl sites for hydroxylation is 1. The van der Waals surface area contributed by atoms with Crippen LogP contribution < -0.4 is 4.90 Å². The molecule has 2 aromatic carbocycles. The largest absolute Gasteiger partial charge is 0.368 e. The standard InChI is InChI=1S/C29H31N5O2/c1-19(2)34-28-26(18-30-34)25(17-27(31-28)24-8-6-5-7-20(24)3)29(36)33-15-13-32(14-16-33)23-11-9-22(10-12-23)21(4)35/h5-12,17-19H,13-16H2,1-4H3. The number of hydrogen-bond acceptors (Lipinski definition) is 5. The van der Waals surface area contributed by atoms with Gasteiger partial charge in [-0.05, 0) is 63.6 Å². The van der Waals surface area contributed by atoms with Crippen molar-refractivity contribution in [2.45, 2.75) is 33.7 Å². The molecule has 7 nitrogen and oxygen atoms in total. The first-order valence-electron chi connectivity index (χ1n) is 12.4. The smallest absolute Gasteiger partial charge is 0.254 e. The van der Waals surface area contributed by atoms with Crippen molar-refractivity contribution in [2.24, 2.45) is 0 Å². The highest BCUT2D eigenvalue weighted by molar-refractivity contribution is 6.06. The average Bonchev–Trinajstić information content (AvgIpc) is 3.33. The summed E-state index contributed by atoms with van der Waals surface area (Å²) in [6.07, 6.45) is 1.77. The fourth-order valence-electron chi connectivity index (χ4n) is 4.82. The van der Waals surface area contributed by atoms with Crippen molar-refractivity contribution in [1.29, 1.82) is 0 Å². The van der Waals surface area contributed by atoms with E-state index in [-0.39, 0.29) is 17.7 Å². The summed E-state index contributed by atoms with van der Waals surface area (Å²) < 4.78 is 1.89. The van der Waals surface area contributed by atoms with Crippen LogP contribution in [0.15, 0.2) is 60.8 Å². The third-order valence-electron chi connectivity index (χ3n) is 6.91. The van der Waals surface area contributed by atoms with Crippen LogP contribution in [0.3, 0.4) is 0 Å². The fourth-order valence-corrected chi connectivity index (χ4v) is 4.82. The second-order valence-corrected chi connectivity index (χ2v) is 9.67. The van der Waals surface area contributed by atoms with E-state index >= 15 is 0 Å². The lowest BCUT2D eigenvalue weighted by atomic mass is 10.0. The van der Waals surface area contributed by atoms with Gasteiger partial charge < -0.3 is 9.80 Å². The number of ketones is 1. The molecule has 0 aliphatic carbocycles. The molecule has 3 heterocycles. The highest BCUT2D eigenvalue weighted by Gasteiger charge is 2.26. The molecule has 1 amide bonds. The zero-order valence-corrected chi connectivity index (χ0v) is 21.2. The van der Waals surface area contributed by atoms with Crippen molar-refractivity contribution >= 4 is 28.4 Å². The van der Waals surface area contributed by atoms with Crippen LogP contribution in [0, 0.1) is 6.92 Å². The van der Waals surface area contributed by atoms with Gasteiger partial charge in [-0.3, -0.25) is 9.59 Å². The zero-order valence-electron chi connectivity index (χ0n) is 21.2. The van der Waals surface area contributed by atoms with Gasteiger partial charge in [0.05, 0.1) is 22.8 Å². The Hall–Kier alpha value is -4.00. The quantitative estimate of drug-likeness (QED) is 0.369. The number of fused-ring (bicyclic) bond motifs is 1. The minimum absolute atomic E-state index is 0.00659. The van der Waals surface area contributed by atoms with E-state index in [0.29, 0.717) is 24.2 Å². The second-order valence-electron chi connectivity index (χ2n) is 9.67. The predicted molar refractivity (Wildman–Crippen MR) is 143 cm³/mol. The highest BCUT2D eigenvalue weighted by atomic mass is 16.2. The summed E-state index contributed by atoms with van der Waals surface area (Å²) in [6.45, 7) is 10.5. The number of carbonyl (C=O) groups excluding carboxylic acids is 2. The van der Waals surface area contributed by atoms with Crippen molar-refractivity contribution in [3.05, 3.63) is 77.5 Å². The molecule has 0 N–H and O–H groups in total. The lowest BCUT2D eigenvalue weighted by Gasteiger charge is -2.36. The molecule has 1 saturated heterocycles. The summed E-state index contributed by atoms with van der Waals surface area (Å²) in [5.41, 5.74) is 6.07. The Morgan fingerprint density at radius 2 is 1.64 bits per heavy atom. The number of amides is 1. The molecule has 0 radical (unpaired) electrons. The van der Waals surface area contributed by atoms with E-state index in [1.807, 2.05) is 58.1 Å². The normalized spacial score (nSPS) is 14.0. The number of carbonyl (C=O) groups is 2. The molecule has 1 aliphatic rings. The summed E-state index contributed by atoms with van der Waals surface area (Å²) >= 11 is 0. The number of hydrogen-bond donors (Lipinski definition) is 0. The van der Waals surface area contributed by atoms with Gasteiger partial charge in [-0.1, -0.05) is 24.3 Å². The summed E-state index contributed by atoms with van der Waals surface area (Å²) in [5.74, 6) is 0.0682. The molecule has 1 aliphatic heterocycles. The Kier molecular flexibility index (Phi) is 6.31. The first-order valence-corrected chi connectivity index (χ1v) is 12.4. The van der Waals surface area contributed by atoms with Gasteiger partial charge in [0.25, 0.3) is 5.91 Å². The third kappa shape index (κ3) is 4.37. The number of anilines is 1. The average molecular weight is 482 g/mol. The summed E-state index contributed by atoms with van der Waals surface area (Å²) in [5, 5.41) is 5.35. The van der Waals surface area contributed by atoms with Gasteiger partial charge >= 0.3 is 0 Å². The Labute approximate surface area is 211 Å². The number of rotatable bonds is 5. The lowest BCUT2D eigenvalue weighted by molar-refractivity contribution is 0.0748. The van der Waals surface area contributed by atoms with E-state index in [2.05, 4.69) is 36.8 Å². The maximum absolute atomic E-state index is 13.8. The van der Waals surface area contributed by atoms with Gasteiger partial charge in [-0.2, -0.15) is 5.10 Å². The van der Waals surface area contributed by atoms with Gasteiger partial charge in [0.15, 0.2) is 11.4 Å². The molecule has 0 spiro atoms. The van der Waals surface area contributed by atoms with Crippen LogP contribution in [0.1, 0.15) is 53.1 Å². The van der Waals surface area contributed by atoms with Crippen LogP contribution in [0.25, 0.3) is 22.3 Å². The first-order chi connectivity index (χ1) is 17.3. The van der Waals surface area contributed by atoms with Crippen LogP contribution in [-0.2, 0) is 0 Å². The van der Waals surface area contributed by atoms with Crippen LogP contribution in [0.5, 0.6) is 0 Å². The van der Waals surface area contributed by atoms with Gasteiger partial charge in [-0.15, -0.1) is 0 Å². The zero-order chi connectivity index (χ0) is 25.4. The molecule has 0 saturated carbocycles. The van der Waals surface area contributed by atoms with Crippen molar-refractivity contribution in [1.82, 2.24) is 19.7 Å². The van der Waals surface area contributed by atoms with E-state index in [4.69, 9.17) is 4.98 Å². The molecule has 4 aromatic rings. The van der Waals surface area contributed by atoms with Crippen molar-refractivity contribution in [2.75, 3.05) is 31.1 Å². The minimum atomic E-state index is 0.00659. The summed E-state index contributed by atoms with van der Waals surface area (Å²) in [6, 6.07) is 17.9. The molecular weight excluding hydrogens is 450 g/mol. The SMILES string of the molecule is CC(=O)c1ccc(N2CCN(C(=O)c3cc(-c4ccccc4C)nc4c3cnn4C(C)C)CC2)cc1. The van der Waals surface area contributed by atoms with Crippen molar-refractivity contribution in [3.63, 3.8) is 0 Å². The second kappa shape index (κ2) is 9.57. The molecule has 184 valence electrons. The van der Waals surface area contributed by atoms with Crippen LogP contribution in [0.4, 0.5) is 5.69 Å². The summed E-state index contributed by atoms with van der Waals surface area (Å²) in [4.78, 5) is 34.5. The molecule has 2 aromatic heterocycles. The van der Waals surface area contributed by atoms with Crippen LogP contribution in [-0.4, -0.2) is 57.5 Å². The van der Waals surface area contributed by atoms with Crippen molar-refractivity contribution in [3.8, 4) is 11.3 Å². The molecule has 36 heavy (non-hydrogen) atoms. The van der Waals surface area contributed by atoms with Gasteiger partial charge in [-0.25, -0.2) is 9.67 Å². The van der Waals surface area contributed by atoms with E-state index in [1.54, 1.807) is 13.1 Å². The number of nitrogens with zero attached hydrogens (tertiary/aromatic N) is 5. The molecule has 0 bridgehead atoms. The third-order valence-corrected chi connectivity index (χ3v) is 6.91. The number of Topliss-reactive ketones (excluding diaryl/α,β-unsaturated/α-hetero) is 1. The Morgan fingerprint density at radius 1 is 0.944 bits per heavy atom. The molecule has 0 atom stereocenters. The van der Waals surface area contributed by atoms with E-state index in [1.165, 1.54) is 0 Å². The van der Waals surface area contributed by atoms with Crippen LogP contribution >= 0.6 is 0 Å². The van der Waals surface area contributed by atoms with Crippen LogP contribution in [0.2, 0.25) is 0 Å². The molecular formula is C29H31N5O2. The van der Waals surface area contributed by atoms with Gasteiger partial charge in [0, 0.05) is 49.0 Å². The van der Waals surface area contributed by atoms with E-state index in [9.17, 15) is 9.59 Å². The molecule has 5 rings (SSSR count). The Bertz CT molecular complexity index is 1430. The van der Waals surface area contributed by atoms with Gasteiger partial charge in [0.1, 0.15) is 0 Å². The number of pyridine rings is 1. The minimum Gasteiger partial charge on any atom is -0.368 e. The highest BCUT2D eigenvalue weighted by Crippen LogP contribution is 2.29. The Morgan fingerprint density at radius 3 is 2.28 bits per heavy atom. The first kappa shape index (κ1) is 23.7. The molecule has 7 heteroatoms. The van der Waals surface area contributed by atoms with Gasteiger partial charge in [0.2, 0.25) is 0 Å². The molecule has 0 unspecified atom stereocenters. The number of piperazine rings is 1.